The highest BCUT2D eigenvalue weighted by molar-refractivity contribution is 7.07. The summed E-state index contributed by atoms with van der Waals surface area (Å²) in [6.45, 7) is 1.88. The summed E-state index contributed by atoms with van der Waals surface area (Å²) in [5.74, 6) is 0. The van der Waals surface area contributed by atoms with Crippen LogP contribution in [0.2, 0.25) is 0 Å². The van der Waals surface area contributed by atoms with Crippen molar-refractivity contribution in [1.82, 2.24) is 10.6 Å². The number of aliphatic hydroxyl groups is 1. The molecule has 6 heteroatoms. The minimum Gasteiger partial charge on any atom is -0.388 e. The third-order valence-electron chi connectivity index (χ3n) is 3.19. The first-order valence-electron chi connectivity index (χ1n) is 6.58. The first-order chi connectivity index (χ1) is 9.25. The summed E-state index contributed by atoms with van der Waals surface area (Å²) in [5, 5.41) is 19.4. The first-order valence-corrected chi connectivity index (χ1v) is 7.52. The molecule has 1 saturated heterocycles. The van der Waals surface area contributed by atoms with Crippen molar-refractivity contribution < 1.29 is 14.6 Å². The highest BCUT2D eigenvalue weighted by Crippen LogP contribution is 2.18. The molecule has 0 aliphatic carbocycles. The van der Waals surface area contributed by atoms with Crippen LogP contribution in [0.5, 0.6) is 0 Å². The number of aliphatic hydroxyl groups excluding tert-OH is 1. The van der Waals surface area contributed by atoms with Gasteiger partial charge in [-0.15, -0.1) is 0 Å². The van der Waals surface area contributed by atoms with Crippen molar-refractivity contribution in [2.75, 3.05) is 19.8 Å². The third-order valence-corrected chi connectivity index (χ3v) is 3.89. The van der Waals surface area contributed by atoms with E-state index < -0.39 is 6.10 Å². The summed E-state index contributed by atoms with van der Waals surface area (Å²) in [7, 11) is 0. The molecular weight excluding hydrogens is 264 g/mol. The van der Waals surface area contributed by atoms with Gasteiger partial charge in [0, 0.05) is 25.8 Å². The maximum absolute atomic E-state index is 11.6. The zero-order chi connectivity index (χ0) is 13.5. The summed E-state index contributed by atoms with van der Waals surface area (Å²) in [6.07, 6.45) is 1.75. The SMILES string of the molecule is O=C(NCC[C@@H](O)c1ccsc1)NC1CCOCC1. The van der Waals surface area contributed by atoms with E-state index in [9.17, 15) is 9.90 Å². The number of nitrogens with one attached hydrogen (secondary N) is 2. The Morgan fingerprint density at radius 3 is 3.00 bits per heavy atom. The number of thiophene rings is 1. The van der Waals surface area contributed by atoms with Gasteiger partial charge >= 0.3 is 6.03 Å². The van der Waals surface area contributed by atoms with E-state index in [1.807, 2.05) is 16.8 Å². The Bertz CT molecular complexity index is 377. The molecule has 0 spiro atoms. The van der Waals surface area contributed by atoms with E-state index in [0.717, 1.165) is 18.4 Å². The minimum atomic E-state index is -0.505. The number of hydrogen-bond donors (Lipinski definition) is 3. The number of rotatable bonds is 5. The Balaban J connectivity index is 1.61. The summed E-state index contributed by atoms with van der Waals surface area (Å²) in [4.78, 5) is 11.6. The number of amides is 2. The van der Waals surface area contributed by atoms with Crippen LogP contribution in [0.25, 0.3) is 0 Å². The lowest BCUT2D eigenvalue weighted by Gasteiger charge is -2.23. The Morgan fingerprint density at radius 1 is 1.53 bits per heavy atom. The predicted octanol–water partition coefficient (Wildman–Crippen LogP) is 1.65. The van der Waals surface area contributed by atoms with Gasteiger partial charge in [0.2, 0.25) is 0 Å². The quantitative estimate of drug-likeness (QED) is 0.770. The van der Waals surface area contributed by atoms with Crippen molar-refractivity contribution in [3.63, 3.8) is 0 Å². The maximum Gasteiger partial charge on any atom is 0.315 e. The van der Waals surface area contributed by atoms with Crippen LogP contribution in [-0.4, -0.2) is 36.9 Å². The van der Waals surface area contributed by atoms with Crippen LogP contribution in [0.1, 0.15) is 30.9 Å². The van der Waals surface area contributed by atoms with Crippen molar-refractivity contribution in [2.24, 2.45) is 0 Å². The number of hydrogen-bond acceptors (Lipinski definition) is 4. The highest BCUT2D eigenvalue weighted by Gasteiger charge is 2.16. The van der Waals surface area contributed by atoms with Crippen LogP contribution >= 0.6 is 11.3 Å². The van der Waals surface area contributed by atoms with Gasteiger partial charge in [-0.25, -0.2) is 4.79 Å². The molecule has 2 rings (SSSR count). The van der Waals surface area contributed by atoms with Crippen molar-refractivity contribution >= 4 is 17.4 Å². The smallest absolute Gasteiger partial charge is 0.315 e. The lowest BCUT2D eigenvalue weighted by Crippen LogP contribution is -2.44. The van der Waals surface area contributed by atoms with Gasteiger partial charge in [0.05, 0.1) is 6.10 Å². The van der Waals surface area contributed by atoms with Crippen molar-refractivity contribution in [3.05, 3.63) is 22.4 Å². The zero-order valence-corrected chi connectivity index (χ0v) is 11.6. The van der Waals surface area contributed by atoms with Gasteiger partial charge in [-0.1, -0.05) is 0 Å². The van der Waals surface area contributed by atoms with Gasteiger partial charge in [0.15, 0.2) is 0 Å². The van der Waals surface area contributed by atoms with Gasteiger partial charge in [0.1, 0.15) is 0 Å². The van der Waals surface area contributed by atoms with E-state index in [0.29, 0.717) is 26.2 Å². The molecule has 1 aromatic rings. The lowest BCUT2D eigenvalue weighted by atomic mass is 10.1. The van der Waals surface area contributed by atoms with E-state index in [1.165, 1.54) is 0 Å². The van der Waals surface area contributed by atoms with Crippen LogP contribution < -0.4 is 10.6 Å². The van der Waals surface area contributed by atoms with E-state index in [-0.39, 0.29) is 12.1 Å². The Kier molecular flexibility index (Phi) is 5.62. The van der Waals surface area contributed by atoms with Gasteiger partial charge in [-0.2, -0.15) is 11.3 Å². The summed E-state index contributed by atoms with van der Waals surface area (Å²) in [6, 6.07) is 1.94. The first kappa shape index (κ1) is 14.3. The largest absolute Gasteiger partial charge is 0.388 e. The van der Waals surface area contributed by atoms with E-state index >= 15 is 0 Å². The standard InChI is InChI=1S/C13H20N2O3S/c16-12(10-4-8-19-9-10)1-5-14-13(17)15-11-2-6-18-7-3-11/h4,8-9,11-12,16H,1-3,5-7H2,(H2,14,15,17)/t12-/m1/s1. The number of carbonyl (C=O) groups excluding carboxylic acids is 1. The van der Waals surface area contributed by atoms with Gasteiger partial charge in [-0.3, -0.25) is 0 Å². The van der Waals surface area contributed by atoms with E-state index in [1.54, 1.807) is 11.3 Å². The second-order valence-electron chi connectivity index (χ2n) is 4.65. The molecular formula is C13H20N2O3S. The molecule has 0 aromatic carbocycles. The maximum atomic E-state index is 11.6. The van der Waals surface area contributed by atoms with E-state index in [2.05, 4.69) is 10.6 Å². The Hall–Kier alpha value is -1.11. The average Bonchev–Trinajstić information content (AvgIpc) is 2.93. The highest BCUT2D eigenvalue weighted by atomic mass is 32.1. The molecule has 1 aliphatic rings. The molecule has 2 heterocycles. The number of carbonyl (C=O) groups is 1. The van der Waals surface area contributed by atoms with Crippen LogP contribution in [0, 0.1) is 0 Å². The summed E-state index contributed by atoms with van der Waals surface area (Å²) >= 11 is 1.56. The molecule has 106 valence electrons. The fourth-order valence-electron chi connectivity index (χ4n) is 2.03. The van der Waals surface area contributed by atoms with Gasteiger partial charge < -0.3 is 20.5 Å². The topological polar surface area (TPSA) is 70.6 Å². The Morgan fingerprint density at radius 2 is 2.32 bits per heavy atom. The van der Waals surface area contributed by atoms with E-state index in [4.69, 9.17) is 4.74 Å². The van der Waals surface area contributed by atoms with Crippen molar-refractivity contribution in [3.8, 4) is 0 Å². The second kappa shape index (κ2) is 7.47. The fraction of sp³-hybridized carbons (Fsp3) is 0.615. The van der Waals surface area contributed by atoms with Crippen LogP contribution in [0.4, 0.5) is 4.79 Å². The molecule has 3 N–H and O–H groups in total. The molecule has 1 aliphatic heterocycles. The predicted molar refractivity (Wildman–Crippen MR) is 74.3 cm³/mol. The van der Waals surface area contributed by atoms with Gasteiger partial charge in [0.25, 0.3) is 0 Å². The summed E-state index contributed by atoms with van der Waals surface area (Å²) < 4.78 is 5.23. The second-order valence-corrected chi connectivity index (χ2v) is 5.43. The molecule has 0 radical (unpaired) electrons. The van der Waals surface area contributed by atoms with Crippen LogP contribution in [0.3, 0.4) is 0 Å². The zero-order valence-electron chi connectivity index (χ0n) is 10.8. The molecule has 19 heavy (non-hydrogen) atoms. The average molecular weight is 284 g/mol. The van der Waals surface area contributed by atoms with Crippen molar-refractivity contribution in [1.29, 1.82) is 0 Å². The molecule has 0 unspecified atom stereocenters. The monoisotopic (exact) mass is 284 g/mol. The fourth-order valence-corrected chi connectivity index (χ4v) is 2.74. The normalized spacial score (nSPS) is 17.9. The molecule has 1 atom stereocenters. The third kappa shape index (κ3) is 4.81. The van der Waals surface area contributed by atoms with Crippen LogP contribution in [-0.2, 0) is 4.74 Å². The van der Waals surface area contributed by atoms with Gasteiger partial charge in [-0.05, 0) is 41.7 Å². The molecule has 1 aromatic heterocycles. The molecule has 5 nitrogen and oxygen atoms in total. The lowest BCUT2D eigenvalue weighted by molar-refractivity contribution is 0.0800. The van der Waals surface area contributed by atoms with Crippen molar-refractivity contribution in [2.45, 2.75) is 31.4 Å². The van der Waals surface area contributed by atoms with Crippen LogP contribution in [0.15, 0.2) is 16.8 Å². The molecule has 0 saturated carbocycles. The number of urea groups is 1. The molecule has 2 amide bonds. The molecule has 0 bridgehead atoms. The number of ether oxygens (including phenoxy) is 1. The summed E-state index contributed by atoms with van der Waals surface area (Å²) in [5.41, 5.74) is 0.914. The Labute approximate surface area is 117 Å². The molecule has 1 fully saturated rings. The minimum absolute atomic E-state index is 0.163.